The fourth-order valence-corrected chi connectivity index (χ4v) is 1.51. The Hall–Kier alpha value is -2.04. The summed E-state index contributed by atoms with van der Waals surface area (Å²) in [6.07, 6.45) is -1.20. The van der Waals surface area contributed by atoms with Gasteiger partial charge < -0.3 is 15.3 Å². The molecule has 5 nitrogen and oxygen atoms in total. The van der Waals surface area contributed by atoms with Gasteiger partial charge in [-0.25, -0.2) is 4.79 Å². The highest BCUT2D eigenvalue weighted by atomic mass is 16.4. The third-order valence-electron chi connectivity index (χ3n) is 2.35. The van der Waals surface area contributed by atoms with Crippen LogP contribution in [-0.4, -0.2) is 35.1 Å². The number of hydrogen-bond donors (Lipinski definition) is 2. The number of nitrogens with one attached hydrogen (secondary N) is 1. The first-order chi connectivity index (χ1) is 8.00. The van der Waals surface area contributed by atoms with Gasteiger partial charge in [-0.2, -0.15) is 0 Å². The average Bonchev–Trinajstić information content (AvgIpc) is 2.28. The van der Waals surface area contributed by atoms with Crippen molar-refractivity contribution in [1.29, 1.82) is 0 Å². The van der Waals surface area contributed by atoms with E-state index in [-0.39, 0.29) is 5.91 Å². The van der Waals surface area contributed by atoms with Crippen LogP contribution in [0, 0.1) is 0 Å². The molecular weight excluding hydrogens is 220 g/mol. The van der Waals surface area contributed by atoms with E-state index in [9.17, 15) is 9.59 Å². The molecule has 17 heavy (non-hydrogen) atoms. The standard InChI is InChI=1S/C12H16N2O3/c1-9(13-12(16)17)11(15)14(2)8-10-6-4-3-5-7-10/h3-7,9,13H,8H2,1-2H3,(H,16,17). The number of rotatable bonds is 4. The van der Waals surface area contributed by atoms with Gasteiger partial charge in [-0.1, -0.05) is 30.3 Å². The van der Waals surface area contributed by atoms with Gasteiger partial charge in [0.15, 0.2) is 0 Å². The van der Waals surface area contributed by atoms with Gasteiger partial charge in [0.1, 0.15) is 6.04 Å². The number of amides is 2. The van der Waals surface area contributed by atoms with Gasteiger partial charge in [0.05, 0.1) is 0 Å². The molecule has 5 heteroatoms. The molecule has 0 spiro atoms. The van der Waals surface area contributed by atoms with Crippen LogP contribution in [0.15, 0.2) is 30.3 Å². The van der Waals surface area contributed by atoms with Crippen molar-refractivity contribution in [1.82, 2.24) is 10.2 Å². The summed E-state index contributed by atoms with van der Waals surface area (Å²) in [6.45, 7) is 1.99. The highest BCUT2D eigenvalue weighted by Gasteiger charge is 2.18. The zero-order valence-electron chi connectivity index (χ0n) is 9.88. The van der Waals surface area contributed by atoms with E-state index in [0.717, 1.165) is 5.56 Å². The molecular formula is C12H16N2O3. The largest absolute Gasteiger partial charge is 0.465 e. The smallest absolute Gasteiger partial charge is 0.405 e. The Morgan fingerprint density at radius 2 is 1.94 bits per heavy atom. The van der Waals surface area contributed by atoms with Crippen molar-refractivity contribution < 1.29 is 14.7 Å². The Labute approximate surface area is 100 Å². The van der Waals surface area contributed by atoms with Gasteiger partial charge in [0, 0.05) is 13.6 Å². The van der Waals surface area contributed by atoms with E-state index in [0.29, 0.717) is 6.54 Å². The molecule has 0 bridgehead atoms. The molecule has 0 radical (unpaired) electrons. The number of carbonyl (C=O) groups excluding carboxylic acids is 1. The number of carbonyl (C=O) groups is 2. The Balaban J connectivity index is 2.55. The molecule has 1 atom stereocenters. The minimum absolute atomic E-state index is 0.253. The molecule has 0 aliphatic carbocycles. The second-order valence-electron chi connectivity index (χ2n) is 3.85. The van der Waals surface area contributed by atoms with E-state index in [1.54, 1.807) is 7.05 Å². The summed E-state index contributed by atoms with van der Waals surface area (Å²) in [5.41, 5.74) is 1.01. The van der Waals surface area contributed by atoms with E-state index in [1.165, 1.54) is 11.8 Å². The number of hydrogen-bond acceptors (Lipinski definition) is 2. The summed E-state index contributed by atoms with van der Waals surface area (Å²) in [5, 5.41) is 10.7. The predicted octanol–water partition coefficient (Wildman–Crippen LogP) is 1.30. The van der Waals surface area contributed by atoms with Crippen LogP contribution >= 0.6 is 0 Å². The van der Waals surface area contributed by atoms with E-state index in [1.807, 2.05) is 30.3 Å². The van der Waals surface area contributed by atoms with Crippen molar-refractivity contribution in [2.75, 3.05) is 7.05 Å². The van der Waals surface area contributed by atoms with Crippen LogP contribution in [0.25, 0.3) is 0 Å². The Morgan fingerprint density at radius 3 is 2.47 bits per heavy atom. The summed E-state index contributed by atoms with van der Waals surface area (Å²) in [5.74, 6) is -0.253. The van der Waals surface area contributed by atoms with Crippen LogP contribution in [0.2, 0.25) is 0 Å². The van der Waals surface area contributed by atoms with E-state index in [2.05, 4.69) is 5.32 Å². The second-order valence-corrected chi connectivity index (χ2v) is 3.85. The molecule has 2 amide bonds. The molecule has 0 aliphatic rings. The zero-order valence-corrected chi connectivity index (χ0v) is 9.88. The molecule has 1 aromatic rings. The molecule has 0 heterocycles. The molecule has 92 valence electrons. The lowest BCUT2D eigenvalue weighted by Crippen LogP contribution is -2.44. The van der Waals surface area contributed by atoms with Gasteiger partial charge >= 0.3 is 6.09 Å². The molecule has 2 N–H and O–H groups in total. The molecule has 0 saturated carbocycles. The predicted molar refractivity (Wildman–Crippen MR) is 63.5 cm³/mol. The number of carboxylic acid groups (broad SMARTS) is 1. The minimum Gasteiger partial charge on any atom is -0.465 e. The number of nitrogens with zero attached hydrogens (tertiary/aromatic N) is 1. The fraction of sp³-hybridized carbons (Fsp3) is 0.333. The first-order valence-electron chi connectivity index (χ1n) is 5.29. The summed E-state index contributed by atoms with van der Waals surface area (Å²) in [7, 11) is 1.65. The van der Waals surface area contributed by atoms with Crippen LogP contribution < -0.4 is 5.32 Å². The summed E-state index contributed by atoms with van der Waals surface area (Å²) >= 11 is 0. The van der Waals surface area contributed by atoms with Crippen LogP contribution in [0.1, 0.15) is 12.5 Å². The second kappa shape index (κ2) is 5.89. The lowest BCUT2D eigenvalue weighted by molar-refractivity contribution is -0.132. The third kappa shape index (κ3) is 4.14. The normalized spacial score (nSPS) is 11.6. The highest BCUT2D eigenvalue weighted by molar-refractivity contribution is 5.84. The van der Waals surface area contributed by atoms with Crippen molar-refractivity contribution in [3.05, 3.63) is 35.9 Å². The van der Waals surface area contributed by atoms with Crippen LogP contribution in [-0.2, 0) is 11.3 Å². The summed E-state index contributed by atoms with van der Waals surface area (Å²) in [6, 6.07) is 8.79. The van der Waals surface area contributed by atoms with Gasteiger partial charge in [0.2, 0.25) is 5.91 Å². The Bertz CT molecular complexity index is 392. The zero-order chi connectivity index (χ0) is 12.8. The molecule has 1 aromatic carbocycles. The Kier molecular flexibility index (Phi) is 4.51. The molecule has 1 unspecified atom stereocenters. The van der Waals surface area contributed by atoms with Crippen LogP contribution in [0.3, 0.4) is 0 Å². The molecule has 0 fully saturated rings. The number of likely N-dealkylation sites (N-methyl/N-ethyl adjacent to an activating group) is 1. The van der Waals surface area contributed by atoms with Gasteiger partial charge in [-0.05, 0) is 12.5 Å². The van der Waals surface area contributed by atoms with Crippen molar-refractivity contribution in [2.24, 2.45) is 0 Å². The van der Waals surface area contributed by atoms with E-state index >= 15 is 0 Å². The fourth-order valence-electron chi connectivity index (χ4n) is 1.51. The average molecular weight is 236 g/mol. The van der Waals surface area contributed by atoms with E-state index in [4.69, 9.17) is 5.11 Å². The topological polar surface area (TPSA) is 69.6 Å². The Morgan fingerprint density at radius 1 is 1.35 bits per heavy atom. The summed E-state index contributed by atoms with van der Waals surface area (Å²) in [4.78, 5) is 23.7. The first-order valence-corrected chi connectivity index (χ1v) is 5.29. The lowest BCUT2D eigenvalue weighted by Gasteiger charge is -2.21. The maximum Gasteiger partial charge on any atom is 0.405 e. The first kappa shape index (κ1) is 13.0. The minimum atomic E-state index is -1.20. The van der Waals surface area contributed by atoms with E-state index < -0.39 is 12.1 Å². The molecule has 1 rings (SSSR count). The quantitative estimate of drug-likeness (QED) is 0.827. The van der Waals surface area contributed by atoms with Gasteiger partial charge in [0.25, 0.3) is 0 Å². The van der Waals surface area contributed by atoms with Crippen molar-refractivity contribution in [2.45, 2.75) is 19.5 Å². The van der Waals surface area contributed by atoms with Crippen LogP contribution in [0.4, 0.5) is 4.79 Å². The summed E-state index contributed by atoms with van der Waals surface area (Å²) < 4.78 is 0. The SMILES string of the molecule is CC(NC(=O)O)C(=O)N(C)Cc1ccccc1. The highest BCUT2D eigenvalue weighted by Crippen LogP contribution is 2.04. The molecule has 0 aromatic heterocycles. The van der Waals surface area contributed by atoms with Crippen molar-refractivity contribution >= 4 is 12.0 Å². The monoisotopic (exact) mass is 236 g/mol. The molecule has 0 saturated heterocycles. The van der Waals surface area contributed by atoms with Crippen LogP contribution in [0.5, 0.6) is 0 Å². The maximum atomic E-state index is 11.8. The van der Waals surface area contributed by atoms with Crippen molar-refractivity contribution in [3.63, 3.8) is 0 Å². The third-order valence-corrected chi connectivity index (χ3v) is 2.35. The van der Waals surface area contributed by atoms with Crippen molar-refractivity contribution in [3.8, 4) is 0 Å². The molecule has 0 aliphatic heterocycles. The maximum absolute atomic E-state index is 11.8. The van der Waals surface area contributed by atoms with Gasteiger partial charge in [-0.15, -0.1) is 0 Å². The van der Waals surface area contributed by atoms with Gasteiger partial charge in [-0.3, -0.25) is 4.79 Å². The lowest BCUT2D eigenvalue weighted by atomic mass is 10.2. The number of benzene rings is 1.